The van der Waals surface area contributed by atoms with Crippen LogP contribution in [0.2, 0.25) is 0 Å². The Bertz CT molecular complexity index is 1300. The molecule has 0 saturated heterocycles. The normalized spacial score (nSPS) is 14.6. The fraction of sp³-hybridized carbons (Fsp3) is 0.273. The molecule has 0 aliphatic rings. The third kappa shape index (κ3) is 4.29. The lowest BCUT2D eigenvalue weighted by Gasteiger charge is -2.27. The van der Waals surface area contributed by atoms with Gasteiger partial charge in [-0.25, -0.2) is 0 Å². The van der Waals surface area contributed by atoms with E-state index in [4.69, 9.17) is 4.18 Å². The molecule has 1 atom stereocenters. The van der Waals surface area contributed by atoms with Gasteiger partial charge in [-0.15, -0.1) is 11.3 Å². The van der Waals surface area contributed by atoms with Gasteiger partial charge in [0.2, 0.25) is 0 Å². The summed E-state index contributed by atoms with van der Waals surface area (Å²) in [7, 11) is -3.56. The molecule has 1 unspecified atom stereocenters. The Morgan fingerprint density at radius 1 is 1.03 bits per heavy atom. The van der Waals surface area contributed by atoms with E-state index in [2.05, 4.69) is 53.8 Å². The van der Waals surface area contributed by atoms with Crippen molar-refractivity contribution in [1.29, 1.82) is 0 Å². The molecule has 0 fully saturated rings. The quantitative estimate of drug-likeness (QED) is 0.343. The van der Waals surface area contributed by atoms with Crippen LogP contribution in [0.1, 0.15) is 11.8 Å². The Morgan fingerprint density at radius 3 is 2.52 bits per heavy atom. The van der Waals surface area contributed by atoms with E-state index >= 15 is 0 Å². The van der Waals surface area contributed by atoms with Gasteiger partial charge in [-0.3, -0.25) is 4.18 Å². The molecule has 0 saturated carbocycles. The van der Waals surface area contributed by atoms with E-state index in [1.54, 1.807) is 18.3 Å². The molecule has 1 heterocycles. The molecule has 1 aromatic heterocycles. The molecule has 0 spiro atoms. The number of benzene rings is 3. The average Bonchev–Trinajstić information content (AvgIpc) is 3.13. The molecule has 4 rings (SSSR count). The van der Waals surface area contributed by atoms with Crippen LogP contribution in [0, 0.1) is 0 Å². The van der Waals surface area contributed by atoms with Gasteiger partial charge < -0.3 is 10.4 Å². The van der Waals surface area contributed by atoms with Gasteiger partial charge in [-0.2, -0.15) is 8.42 Å². The van der Waals surface area contributed by atoms with Gasteiger partial charge in [0.1, 0.15) is 0 Å². The zero-order chi connectivity index (χ0) is 20.6. The summed E-state index contributed by atoms with van der Waals surface area (Å²) < 4.78 is 28.7. The molecule has 0 amide bonds. The molecular weight excluding hydrogens is 406 g/mol. The molecule has 7 heteroatoms. The van der Waals surface area contributed by atoms with Crippen molar-refractivity contribution in [3.05, 3.63) is 59.5 Å². The van der Waals surface area contributed by atoms with E-state index in [-0.39, 0.29) is 13.2 Å². The molecule has 0 aliphatic carbocycles. The van der Waals surface area contributed by atoms with E-state index in [1.165, 1.54) is 31.6 Å². The van der Waals surface area contributed by atoms with Crippen LogP contribution in [0.4, 0.5) is 0 Å². The van der Waals surface area contributed by atoms with Crippen molar-refractivity contribution in [1.82, 2.24) is 5.32 Å². The number of aliphatic hydroxyl groups excluding tert-OH is 1. The van der Waals surface area contributed by atoms with Crippen LogP contribution in [-0.4, -0.2) is 38.5 Å². The van der Waals surface area contributed by atoms with E-state index in [1.807, 2.05) is 6.07 Å². The van der Waals surface area contributed by atoms with Gasteiger partial charge in [-0.1, -0.05) is 48.5 Å². The predicted octanol–water partition coefficient (Wildman–Crippen LogP) is 4.02. The van der Waals surface area contributed by atoms with Crippen molar-refractivity contribution in [2.75, 3.05) is 19.5 Å². The second kappa shape index (κ2) is 7.66. The van der Waals surface area contributed by atoms with E-state index < -0.39 is 15.7 Å². The summed E-state index contributed by atoms with van der Waals surface area (Å²) >= 11 is 1.71. The smallest absolute Gasteiger partial charge is 0.264 e. The van der Waals surface area contributed by atoms with E-state index in [0.29, 0.717) is 6.54 Å². The van der Waals surface area contributed by atoms with Crippen LogP contribution < -0.4 is 5.32 Å². The predicted molar refractivity (Wildman–Crippen MR) is 120 cm³/mol. The lowest BCUT2D eigenvalue weighted by atomic mass is 10.0. The Hall–Kier alpha value is -2.03. The first-order valence-corrected chi connectivity index (χ1v) is 11.9. The van der Waals surface area contributed by atoms with Crippen molar-refractivity contribution in [2.24, 2.45) is 0 Å². The number of nitrogens with one attached hydrogen (secondary N) is 1. The van der Waals surface area contributed by atoms with Crippen LogP contribution in [0.5, 0.6) is 0 Å². The number of rotatable bonds is 7. The first-order chi connectivity index (χ1) is 13.8. The van der Waals surface area contributed by atoms with E-state index in [0.717, 1.165) is 11.1 Å². The Morgan fingerprint density at radius 2 is 1.76 bits per heavy atom. The number of hydrogen-bond acceptors (Lipinski definition) is 6. The van der Waals surface area contributed by atoms with Crippen LogP contribution in [0.15, 0.2) is 54.6 Å². The monoisotopic (exact) mass is 429 g/mol. The maximum atomic E-state index is 11.3. The molecule has 3 aromatic carbocycles. The molecule has 4 aromatic rings. The summed E-state index contributed by atoms with van der Waals surface area (Å²) in [4.78, 5) is 1.11. The van der Waals surface area contributed by atoms with Gasteiger partial charge in [0.15, 0.2) is 0 Å². The number of aliphatic hydroxyl groups is 1. The minimum atomic E-state index is -3.56. The summed E-state index contributed by atoms with van der Waals surface area (Å²) in [5, 5.41) is 19.1. The van der Waals surface area contributed by atoms with Gasteiger partial charge in [0, 0.05) is 21.5 Å². The van der Waals surface area contributed by atoms with Gasteiger partial charge >= 0.3 is 0 Å². The lowest BCUT2D eigenvalue weighted by molar-refractivity contribution is 0.118. The first-order valence-electron chi connectivity index (χ1n) is 9.31. The highest BCUT2D eigenvalue weighted by Crippen LogP contribution is 2.36. The first kappa shape index (κ1) is 20.3. The molecular formula is C22H23NO4S2. The van der Waals surface area contributed by atoms with Gasteiger partial charge in [0.05, 0.1) is 25.0 Å². The van der Waals surface area contributed by atoms with Crippen LogP contribution in [-0.2, 0) is 20.8 Å². The van der Waals surface area contributed by atoms with Gasteiger partial charge in [0.25, 0.3) is 10.1 Å². The standard InChI is InChI=1S/C22H23NO4S2/c1-22(13-24,14-27-29(2,25)26)23-12-17-11-16-8-9-19-18-6-4-3-5-15(18)7-10-20(19)21(16)28-17/h3-11,23-24H,12-14H2,1-2H3. The van der Waals surface area contributed by atoms with Crippen LogP contribution >= 0.6 is 11.3 Å². The summed E-state index contributed by atoms with van der Waals surface area (Å²) in [6, 6.07) is 19.1. The minimum Gasteiger partial charge on any atom is -0.394 e. The molecule has 2 N–H and O–H groups in total. The third-order valence-corrected chi connectivity index (χ3v) is 6.82. The fourth-order valence-electron chi connectivity index (χ4n) is 3.42. The zero-order valence-corrected chi connectivity index (χ0v) is 17.9. The van der Waals surface area contributed by atoms with Crippen LogP contribution in [0.3, 0.4) is 0 Å². The second-order valence-electron chi connectivity index (χ2n) is 7.62. The Labute approximate surface area is 174 Å². The Balaban J connectivity index is 1.63. The Kier molecular flexibility index (Phi) is 5.35. The highest BCUT2D eigenvalue weighted by Gasteiger charge is 2.25. The van der Waals surface area contributed by atoms with E-state index in [9.17, 15) is 13.5 Å². The van der Waals surface area contributed by atoms with Crippen LogP contribution in [0.25, 0.3) is 31.6 Å². The zero-order valence-electron chi connectivity index (χ0n) is 16.3. The summed E-state index contributed by atoms with van der Waals surface area (Å²) in [5.74, 6) is 0. The fourth-order valence-corrected chi connectivity index (χ4v) is 5.02. The minimum absolute atomic E-state index is 0.123. The lowest BCUT2D eigenvalue weighted by Crippen LogP contribution is -2.49. The summed E-state index contributed by atoms with van der Waals surface area (Å²) in [6.45, 7) is 1.90. The topological polar surface area (TPSA) is 75.6 Å². The maximum Gasteiger partial charge on any atom is 0.264 e. The SMILES string of the molecule is CC(CO)(COS(C)(=O)=O)NCc1cc2ccc3c4ccccc4ccc3c2s1. The van der Waals surface area contributed by atoms with Crippen molar-refractivity contribution in [3.8, 4) is 0 Å². The number of fused-ring (bicyclic) bond motifs is 5. The van der Waals surface area contributed by atoms with Gasteiger partial charge in [-0.05, 0) is 34.5 Å². The highest BCUT2D eigenvalue weighted by atomic mass is 32.2. The summed E-state index contributed by atoms with van der Waals surface area (Å²) in [5.41, 5.74) is -0.850. The van der Waals surface area contributed by atoms with Crippen molar-refractivity contribution < 1.29 is 17.7 Å². The van der Waals surface area contributed by atoms with Crippen molar-refractivity contribution >= 4 is 53.1 Å². The number of hydrogen-bond donors (Lipinski definition) is 2. The van der Waals surface area contributed by atoms with Crippen molar-refractivity contribution in [3.63, 3.8) is 0 Å². The molecule has 0 radical (unpaired) electrons. The van der Waals surface area contributed by atoms with Crippen molar-refractivity contribution in [2.45, 2.75) is 19.0 Å². The average molecular weight is 430 g/mol. The number of thiophene rings is 1. The maximum absolute atomic E-state index is 11.3. The molecule has 152 valence electrons. The molecule has 0 bridgehead atoms. The highest BCUT2D eigenvalue weighted by molar-refractivity contribution is 7.85. The second-order valence-corrected chi connectivity index (χ2v) is 10.4. The summed E-state index contributed by atoms with van der Waals surface area (Å²) in [6.07, 6.45) is 1.01. The molecule has 0 aliphatic heterocycles. The third-order valence-electron chi connectivity index (χ3n) is 5.09. The molecule has 29 heavy (non-hydrogen) atoms. The molecule has 5 nitrogen and oxygen atoms in total. The largest absolute Gasteiger partial charge is 0.394 e.